The van der Waals surface area contributed by atoms with Gasteiger partial charge < -0.3 is 5.32 Å². The van der Waals surface area contributed by atoms with Crippen LogP contribution in [0.25, 0.3) is 0 Å². The van der Waals surface area contributed by atoms with E-state index in [-0.39, 0.29) is 11.7 Å². The Bertz CT molecular complexity index is 596. The molecule has 2 aromatic carbocycles. The Balaban J connectivity index is 2.29. The Kier molecular flexibility index (Phi) is 4.89. The molecule has 0 aromatic heterocycles. The lowest BCUT2D eigenvalue weighted by Gasteiger charge is -2.22. The van der Waals surface area contributed by atoms with E-state index in [9.17, 15) is 13.2 Å². The molecular weight excluding hydrogens is 275 g/mol. The van der Waals surface area contributed by atoms with Crippen LogP contribution in [0.1, 0.15) is 31.9 Å². The molecule has 0 heterocycles. The Labute approximate surface area is 122 Å². The predicted octanol–water partition coefficient (Wildman–Crippen LogP) is 5.30. The molecule has 0 aliphatic rings. The van der Waals surface area contributed by atoms with Gasteiger partial charge in [0.25, 0.3) is 0 Å². The fourth-order valence-corrected chi connectivity index (χ4v) is 2.26. The summed E-state index contributed by atoms with van der Waals surface area (Å²) in [5.74, 6) is -2.66. The van der Waals surface area contributed by atoms with E-state index in [2.05, 4.69) is 19.2 Å². The third-order valence-electron chi connectivity index (χ3n) is 3.25. The Morgan fingerprint density at radius 3 is 2.14 bits per heavy atom. The minimum absolute atomic E-state index is 0.0246. The molecule has 0 saturated carbocycles. The minimum Gasteiger partial charge on any atom is -0.376 e. The Hall–Kier alpha value is -1.97. The van der Waals surface area contributed by atoms with Crippen molar-refractivity contribution in [1.82, 2.24) is 0 Å². The molecule has 0 spiro atoms. The summed E-state index contributed by atoms with van der Waals surface area (Å²) in [5, 5.41) is 2.98. The zero-order valence-electron chi connectivity index (χ0n) is 12.0. The number of halogens is 3. The maximum Gasteiger partial charge on any atom is 0.161 e. The maximum absolute atomic E-state index is 13.8. The molecule has 1 atom stereocenters. The Morgan fingerprint density at radius 2 is 1.52 bits per heavy atom. The first-order chi connectivity index (χ1) is 9.97. The number of benzene rings is 2. The zero-order valence-corrected chi connectivity index (χ0v) is 12.0. The quantitative estimate of drug-likeness (QED) is 0.737. The van der Waals surface area contributed by atoms with E-state index in [0.29, 0.717) is 12.0 Å². The minimum atomic E-state index is -1.18. The largest absolute Gasteiger partial charge is 0.376 e. The number of rotatable bonds is 5. The van der Waals surface area contributed by atoms with Crippen molar-refractivity contribution in [3.63, 3.8) is 0 Å². The molecule has 2 aromatic rings. The van der Waals surface area contributed by atoms with E-state index in [1.165, 1.54) is 0 Å². The summed E-state index contributed by atoms with van der Waals surface area (Å²) in [7, 11) is 0. The highest BCUT2D eigenvalue weighted by atomic mass is 19.2. The summed E-state index contributed by atoms with van der Waals surface area (Å²) < 4.78 is 40.1. The van der Waals surface area contributed by atoms with Gasteiger partial charge >= 0.3 is 0 Å². The molecule has 0 saturated heterocycles. The first-order valence-corrected chi connectivity index (χ1v) is 6.93. The lowest BCUT2D eigenvalue weighted by molar-refractivity contribution is 0.492. The molecule has 4 heteroatoms. The van der Waals surface area contributed by atoms with E-state index in [1.807, 2.05) is 30.3 Å². The fourth-order valence-electron chi connectivity index (χ4n) is 2.26. The highest BCUT2D eigenvalue weighted by molar-refractivity contribution is 5.47. The van der Waals surface area contributed by atoms with Crippen LogP contribution in [-0.4, -0.2) is 0 Å². The van der Waals surface area contributed by atoms with E-state index in [0.717, 1.165) is 18.1 Å². The van der Waals surface area contributed by atoms with Gasteiger partial charge in [0.1, 0.15) is 5.82 Å². The molecule has 0 aliphatic heterocycles. The van der Waals surface area contributed by atoms with Crippen LogP contribution >= 0.6 is 0 Å². The molecule has 112 valence electrons. The molecule has 0 bridgehead atoms. The summed E-state index contributed by atoms with van der Waals surface area (Å²) in [6, 6.07) is 10.8. The van der Waals surface area contributed by atoms with Crippen LogP contribution in [0.3, 0.4) is 0 Å². The monoisotopic (exact) mass is 293 g/mol. The van der Waals surface area contributed by atoms with Gasteiger partial charge in [-0.05, 0) is 17.9 Å². The second-order valence-corrected chi connectivity index (χ2v) is 5.48. The average Bonchev–Trinajstić information content (AvgIpc) is 2.44. The summed E-state index contributed by atoms with van der Waals surface area (Å²) >= 11 is 0. The summed E-state index contributed by atoms with van der Waals surface area (Å²) in [6.07, 6.45) is 0.752. The maximum atomic E-state index is 13.8. The van der Waals surface area contributed by atoms with Crippen LogP contribution in [0.2, 0.25) is 0 Å². The zero-order chi connectivity index (χ0) is 15.4. The third-order valence-corrected chi connectivity index (χ3v) is 3.25. The van der Waals surface area contributed by atoms with E-state index in [4.69, 9.17) is 0 Å². The van der Waals surface area contributed by atoms with Crippen LogP contribution in [0, 0.1) is 23.4 Å². The Morgan fingerprint density at radius 1 is 0.905 bits per heavy atom. The number of anilines is 1. The molecule has 0 aliphatic carbocycles. The average molecular weight is 293 g/mol. The number of nitrogens with one attached hydrogen (secondary N) is 1. The predicted molar refractivity (Wildman–Crippen MR) is 78.6 cm³/mol. The van der Waals surface area contributed by atoms with Crippen molar-refractivity contribution >= 4 is 5.69 Å². The van der Waals surface area contributed by atoms with Crippen molar-refractivity contribution in [2.75, 3.05) is 5.32 Å². The second-order valence-electron chi connectivity index (χ2n) is 5.48. The van der Waals surface area contributed by atoms with Gasteiger partial charge in [0.05, 0.1) is 11.7 Å². The van der Waals surface area contributed by atoms with E-state index < -0.39 is 17.5 Å². The number of hydrogen-bond donors (Lipinski definition) is 1. The SMILES string of the molecule is CC(C)CC(Nc1cc(F)c(F)cc1F)c1ccccc1. The van der Waals surface area contributed by atoms with Crippen LogP contribution in [0.4, 0.5) is 18.9 Å². The molecule has 0 amide bonds. The summed E-state index contributed by atoms with van der Waals surface area (Å²) in [4.78, 5) is 0. The molecule has 2 rings (SSSR count). The van der Waals surface area contributed by atoms with Crippen molar-refractivity contribution in [3.05, 3.63) is 65.5 Å². The summed E-state index contributed by atoms with van der Waals surface area (Å²) in [5.41, 5.74) is 0.957. The van der Waals surface area contributed by atoms with Crippen molar-refractivity contribution in [1.29, 1.82) is 0 Å². The lowest BCUT2D eigenvalue weighted by atomic mass is 9.96. The van der Waals surface area contributed by atoms with Gasteiger partial charge in [0.2, 0.25) is 0 Å². The van der Waals surface area contributed by atoms with Crippen LogP contribution < -0.4 is 5.32 Å². The molecule has 21 heavy (non-hydrogen) atoms. The van der Waals surface area contributed by atoms with Gasteiger partial charge in [0.15, 0.2) is 11.6 Å². The highest BCUT2D eigenvalue weighted by Crippen LogP contribution is 2.28. The molecule has 1 nitrogen and oxygen atoms in total. The fraction of sp³-hybridized carbons (Fsp3) is 0.294. The third kappa shape index (κ3) is 4.00. The molecule has 1 N–H and O–H groups in total. The second kappa shape index (κ2) is 6.66. The van der Waals surface area contributed by atoms with Gasteiger partial charge in [-0.15, -0.1) is 0 Å². The van der Waals surface area contributed by atoms with Crippen molar-refractivity contribution in [2.24, 2.45) is 5.92 Å². The van der Waals surface area contributed by atoms with Crippen LogP contribution in [0.15, 0.2) is 42.5 Å². The van der Waals surface area contributed by atoms with Gasteiger partial charge in [-0.3, -0.25) is 0 Å². The molecule has 1 unspecified atom stereocenters. The molecule has 0 fully saturated rings. The van der Waals surface area contributed by atoms with E-state index in [1.54, 1.807) is 0 Å². The van der Waals surface area contributed by atoms with E-state index >= 15 is 0 Å². The standard InChI is InChI=1S/C17H18F3N/c1-11(2)8-16(12-6-4-3-5-7-12)21-17-10-14(19)13(18)9-15(17)20/h3-7,9-11,16,21H,8H2,1-2H3. The first kappa shape index (κ1) is 15.4. The van der Waals surface area contributed by atoms with Gasteiger partial charge in [-0.1, -0.05) is 44.2 Å². The number of hydrogen-bond acceptors (Lipinski definition) is 1. The van der Waals surface area contributed by atoms with Crippen molar-refractivity contribution in [2.45, 2.75) is 26.3 Å². The highest BCUT2D eigenvalue weighted by Gasteiger charge is 2.17. The molecular formula is C17H18F3N. The van der Waals surface area contributed by atoms with Crippen molar-refractivity contribution < 1.29 is 13.2 Å². The van der Waals surface area contributed by atoms with Gasteiger partial charge in [-0.2, -0.15) is 0 Å². The topological polar surface area (TPSA) is 12.0 Å². The molecule has 0 radical (unpaired) electrons. The van der Waals surface area contributed by atoms with Gasteiger partial charge in [0, 0.05) is 12.1 Å². The summed E-state index contributed by atoms with van der Waals surface area (Å²) in [6.45, 7) is 4.11. The normalized spacial score (nSPS) is 12.5. The van der Waals surface area contributed by atoms with Crippen molar-refractivity contribution in [3.8, 4) is 0 Å². The van der Waals surface area contributed by atoms with Crippen LogP contribution in [-0.2, 0) is 0 Å². The first-order valence-electron chi connectivity index (χ1n) is 6.93. The van der Waals surface area contributed by atoms with Crippen LogP contribution in [0.5, 0.6) is 0 Å². The smallest absolute Gasteiger partial charge is 0.161 e. The van der Waals surface area contributed by atoms with Gasteiger partial charge in [-0.25, -0.2) is 13.2 Å². The lowest BCUT2D eigenvalue weighted by Crippen LogP contribution is -2.14.